The van der Waals surface area contributed by atoms with E-state index < -0.39 is 0 Å². The largest absolute Gasteiger partial charge is 0.497 e. The summed E-state index contributed by atoms with van der Waals surface area (Å²) in [5.74, 6) is 1.58. The standard InChI is InChI=1S/C21H33N3O3/c1-5-17-14-24(21(26)23-15(2)3)11-10-18(17)12-20(25)22-13-16-6-8-19(27-4)9-7-16/h6-9,15,17-18H,5,10-14H2,1-4H3,(H,22,25)(H,23,26)/t17-,18-/m0/s1. The molecule has 2 atom stereocenters. The number of nitrogens with zero attached hydrogens (tertiary/aromatic N) is 1. The first kappa shape index (κ1) is 21.1. The first-order valence-corrected chi connectivity index (χ1v) is 9.88. The van der Waals surface area contributed by atoms with Gasteiger partial charge in [-0.3, -0.25) is 4.79 Å². The van der Waals surface area contributed by atoms with E-state index in [2.05, 4.69) is 17.6 Å². The number of hydrogen-bond donors (Lipinski definition) is 2. The molecule has 1 aromatic rings. The number of methoxy groups -OCH3 is 1. The maximum Gasteiger partial charge on any atom is 0.317 e. The minimum atomic E-state index is 0.00542. The van der Waals surface area contributed by atoms with Gasteiger partial charge in [-0.1, -0.05) is 25.5 Å². The molecule has 2 rings (SSSR count). The van der Waals surface area contributed by atoms with Crippen LogP contribution in [0.4, 0.5) is 4.79 Å². The Morgan fingerprint density at radius 1 is 1.22 bits per heavy atom. The predicted octanol–water partition coefficient (Wildman–Crippen LogP) is 3.17. The summed E-state index contributed by atoms with van der Waals surface area (Å²) in [7, 11) is 1.64. The number of ether oxygens (including phenoxy) is 1. The van der Waals surface area contributed by atoms with Gasteiger partial charge in [0, 0.05) is 32.1 Å². The van der Waals surface area contributed by atoms with E-state index >= 15 is 0 Å². The zero-order valence-electron chi connectivity index (χ0n) is 17.0. The van der Waals surface area contributed by atoms with E-state index in [0.29, 0.717) is 31.3 Å². The van der Waals surface area contributed by atoms with Crippen molar-refractivity contribution < 1.29 is 14.3 Å². The molecule has 1 aliphatic heterocycles. The van der Waals surface area contributed by atoms with Gasteiger partial charge in [-0.2, -0.15) is 0 Å². The van der Waals surface area contributed by atoms with Crippen molar-refractivity contribution in [3.63, 3.8) is 0 Å². The van der Waals surface area contributed by atoms with E-state index in [-0.39, 0.29) is 18.0 Å². The number of carbonyl (C=O) groups is 2. The van der Waals surface area contributed by atoms with Crippen LogP contribution in [0.3, 0.4) is 0 Å². The molecule has 0 aromatic heterocycles. The van der Waals surface area contributed by atoms with E-state index in [1.807, 2.05) is 43.0 Å². The monoisotopic (exact) mass is 375 g/mol. The van der Waals surface area contributed by atoms with Crippen LogP contribution in [0.1, 0.15) is 45.6 Å². The van der Waals surface area contributed by atoms with Gasteiger partial charge >= 0.3 is 6.03 Å². The Bertz CT molecular complexity index is 616. The molecule has 1 aromatic carbocycles. The van der Waals surface area contributed by atoms with Crippen molar-refractivity contribution in [2.45, 2.75) is 52.6 Å². The predicted molar refractivity (Wildman–Crippen MR) is 107 cm³/mol. The molecule has 2 N–H and O–H groups in total. The number of benzene rings is 1. The molecule has 0 aliphatic carbocycles. The Morgan fingerprint density at radius 2 is 1.93 bits per heavy atom. The van der Waals surface area contributed by atoms with Gasteiger partial charge in [0.25, 0.3) is 0 Å². The van der Waals surface area contributed by atoms with Crippen LogP contribution in [0.5, 0.6) is 5.75 Å². The van der Waals surface area contributed by atoms with E-state index in [1.54, 1.807) is 7.11 Å². The Morgan fingerprint density at radius 3 is 2.52 bits per heavy atom. The highest BCUT2D eigenvalue weighted by Gasteiger charge is 2.31. The topological polar surface area (TPSA) is 70.7 Å². The van der Waals surface area contributed by atoms with Crippen LogP contribution in [0.15, 0.2) is 24.3 Å². The number of nitrogens with one attached hydrogen (secondary N) is 2. The number of piperidine rings is 1. The lowest BCUT2D eigenvalue weighted by molar-refractivity contribution is -0.123. The van der Waals surface area contributed by atoms with Gasteiger partial charge in [-0.15, -0.1) is 0 Å². The van der Waals surface area contributed by atoms with Gasteiger partial charge in [0.2, 0.25) is 5.91 Å². The summed E-state index contributed by atoms with van der Waals surface area (Å²) in [6.07, 6.45) is 2.37. The number of likely N-dealkylation sites (tertiary alicyclic amines) is 1. The Labute approximate surface area is 162 Å². The van der Waals surface area contributed by atoms with Gasteiger partial charge in [-0.05, 0) is 49.8 Å². The maximum absolute atomic E-state index is 12.4. The lowest BCUT2D eigenvalue weighted by atomic mass is 9.81. The third kappa shape index (κ3) is 6.45. The van der Waals surface area contributed by atoms with Crippen molar-refractivity contribution >= 4 is 11.9 Å². The van der Waals surface area contributed by atoms with Crippen molar-refractivity contribution in [3.05, 3.63) is 29.8 Å². The Kier molecular flexibility index (Phi) is 7.95. The zero-order valence-corrected chi connectivity index (χ0v) is 17.0. The minimum absolute atomic E-state index is 0.00542. The number of carbonyl (C=O) groups excluding carboxylic acids is 2. The molecular weight excluding hydrogens is 342 g/mol. The van der Waals surface area contributed by atoms with Crippen LogP contribution in [0, 0.1) is 11.8 Å². The van der Waals surface area contributed by atoms with Gasteiger partial charge in [0.15, 0.2) is 0 Å². The van der Waals surface area contributed by atoms with Crippen molar-refractivity contribution in [2.75, 3.05) is 20.2 Å². The van der Waals surface area contributed by atoms with Crippen LogP contribution < -0.4 is 15.4 Å². The third-order valence-corrected chi connectivity index (χ3v) is 5.21. The second-order valence-electron chi connectivity index (χ2n) is 7.60. The van der Waals surface area contributed by atoms with Crippen molar-refractivity contribution in [2.24, 2.45) is 11.8 Å². The van der Waals surface area contributed by atoms with Gasteiger partial charge in [0.05, 0.1) is 7.11 Å². The van der Waals surface area contributed by atoms with E-state index in [9.17, 15) is 9.59 Å². The van der Waals surface area contributed by atoms with Crippen molar-refractivity contribution in [1.29, 1.82) is 0 Å². The molecule has 0 spiro atoms. The van der Waals surface area contributed by atoms with Gasteiger partial charge in [0.1, 0.15) is 5.75 Å². The van der Waals surface area contributed by atoms with Crippen LogP contribution >= 0.6 is 0 Å². The molecule has 1 saturated heterocycles. The highest BCUT2D eigenvalue weighted by atomic mass is 16.5. The van der Waals surface area contributed by atoms with Crippen LogP contribution in [-0.2, 0) is 11.3 Å². The SMILES string of the molecule is CC[C@H]1CN(C(=O)NC(C)C)CC[C@H]1CC(=O)NCc1ccc(OC)cc1. The van der Waals surface area contributed by atoms with Gasteiger partial charge < -0.3 is 20.3 Å². The van der Waals surface area contributed by atoms with Crippen molar-refractivity contribution in [3.8, 4) is 5.75 Å². The first-order valence-electron chi connectivity index (χ1n) is 9.88. The average molecular weight is 376 g/mol. The van der Waals surface area contributed by atoms with Gasteiger partial charge in [-0.25, -0.2) is 4.79 Å². The normalized spacial score (nSPS) is 19.7. The molecule has 0 unspecified atom stereocenters. The maximum atomic E-state index is 12.4. The number of hydrogen-bond acceptors (Lipinski definition) is 3. The highest BCUT2D eigenvalue weighted by molar-refractivity contribution is 5.76. The molecule has 0 radical (unpaired) electrons. The Hall–Kier alpha value is -2.24. The van der Waals surface area contributed by atoms with Crippen LogP contribution in [-0.4, -0.2) is 43.1 Å². The molecule has 3 amide bonds. The summed E-state index contributed by atoms with van der Waals surface area (Å²) >= 11 is 0. The van der Waals surface area contributed by atoms with E-state index in [0.717, 1.165) is 30.7 Å². The molecule has 1 aliphatic rings. The second-order valence-corrected chi connectivity index (χ2v) is 7.60. The van der Waals surface area contributed by atoms with E-state index in [1.165, 1.54) is 0 Å². The summed E-state index contributed by atoms with van der Waals surface area (Å²) in [6, 6.07) is 7.85. The number of urea groups is 1. The molecule has 1 fully saturated rings. The second kappa shape index (κ2) is 10.2. The lowest BCUT2D eigenvalue weighted by Gasteiger charge is -2.38. The first-order chi connectivity index (χ1) is 12.9. The number of rotatable bonds is 7. The molecule has 150 valence electrons. The average Bonchev–Trinajstić information content (AvgIpc) is 2.66. The van der Waals surface area contributed by atoms with Crippen LogP contribution in [0.25, 0.3) is 0 Å². The van der Waals surface area contributed by atoms with E-state index in [4.69, 9.17) is 4.74 Å². The molecule has 6 heteroatoms. The summed E-state index contributed by atoms with van der Waals surface area (Å²) < 4.78 is 5.15. The quantitative estimate of drug-likeness (QED) is 0.769. The molecular formula is C21H33N3O3. The lowest BCUT2D eigenvalue weighted by Crippen LogP contribution is -2.50. The third-order valence-electron chi connectivity index (χ3n) is 5.21. The Balaban J connectivity index is 1.81. The summed E-state index contributed by atoms with van der Waals surface area (Å²) in [5.41, 5.74) is 1.05. The summed E-state index contributed by atoms with van der Waals surface area (Å²) in [5, 5.41) is 5.97. The van der Waals surface area contributed by atoms with Crippen molar-refractivity contribution in [1.82, 2.24) is 15.5 Å². The number of amides is 3. The molecule has 0 saturated carbocycles. The fourth-order valence-corrected chi connectivity index (χ4v) is 3.59. The zero-order chi connectivity index (χ0) is 19.8. The summed E-state index contributed by atoms with van der Waals surface area (Å²) in [6.45, 7) is 8.03. The molecule has 6 nitrogen and oxygen atoms in total. The minimum Gasteiger partial charge on any atom is -0.497 e. The summed E-state index contributed by atoms with van der Waals surface area (Å²) in [4.78, 5) is 26.5. The smallest absolute Gasteiger partial charge is 0.317 e. The van der Waals surface area contributed by atoms with Crippen LogP contribution in [0.2, 0.25) is 0 Å². The fraction of sp³-hybridized carbons (Fsp3) is 0.619. The molecule has 1 heterocycles. The fourth-order valence-electron chi connectivity index (χ4n) is 3.59. The molecule has 27 heavy (non-hydrogen) atoms. The molecule has 0 bridgehead atoms. The highest BCUT2D eigenvalue weighted by Crippen LogP contribution is 2.29.